The van der Waals surface area contributed by atoms with Gasteiger partial charge in [-0.2, -0.15) is 18.9 Å². The summed E-state index contributed by atoms with van der Waals surface area (Å²) >= 11 is 4.44. The second kappa shape index (κ2) is 42.0. The number of aryl methyl sites for hydroxylation is 3. The molecule has 0 aliphatic carbocycles. The van der Waals surface area contributed by atoms with Crippen LogP contribution in [-0.2, 0) is 75.3 Å². The van der Waals surface area contributed by atoms with Crippen LogP contribution in [-0.4, -0.2) is 63.1 Å². The van der Waals surface area contributed by atoms with Crippen molar-refractivity contribution in [2.75, 3.05) is 0 Å². The molecule has 0 N–H and O–H groups in total. The number of rotatable bonds is 0. The van der Waals surface area contributed by atoms with Gasteiger partial charge in [0.2, 0.25) is 0 Å². The topological polar surface area (TPSA) is 196 Å². The fourth-order valence-corrected chi connectivity index (χ4v) is 11.0. The first kappa shape index (κ1) is 100.0. The first-order chi connectivity index (χ1) is 51.6. The van der Waals surface area contributed by atoms with Crippen LogP contribution in [0, 0.1) is 123 Å². The molecule has 10 heterocycles. The minimum absolute atomic E-state index is 0.0118. The maximum atomic E-state index is 5.33. The van der Waals surface area contributed by atoms with Crippen LogP contribution in [0.4, 0.5) is 0 Å². The molecule has 113 heavy (non-hydrogen) atoms. The van der Waals surface area contributed by atoms with E-state index in [1.165, 1.54) is 44.8 Å². The first-order valence-corrected chi connectivity index (χ1v) is 38.6. The molecular weight excluding hydrogens is 1460 g/mol. The lowest BCUT2D eigenvalue weighted by Gasteiger charge is -2.17. The van der Waals surface area contributed by atoms with Crippen molar-refractivity contribution in [3.05, 3.63) is 173 Å². The number of thiazole rings is 1. The zero-order valence-electron chi connectivity index (χ0n) is 73.2. The fourth-order valence-electron chi connectivity index (χ4n) is 8.54. The summed E-state index contributed by atoms with van der Waals surface area (Å²) in [6.07, 6.45) is 61.0. The van der Waals surface area contributed by atoms with Gasteiger partial charge in [-0.25, -0.2) is 19.9 Å². The number of hydrogen-bond acceptors (Lipinski definition) is 17. The highest BCUT2D eigenvalue weighted by atomic mass is 32.1. The minimum Gasteiger partial charge on any atom is -0.438 e. The average molecular weight is 1580 g/mol. The van der Waals surface area contributed by atoms with Crippen molar-refractivity contribution < 1.29 is 17.9 Å². The molecule has 0 amide bonds. The molecule has 0 bridgehead atoms. The van der Waals surface area contributed by atoms with E-state index in [0.29, 0.717) is 34.7 Å². The van der Waals surface area contributed by atoms with Gasteiger partial charge in [0.25, 0.3) is 11.8 Å². The molecule has 0 atom stereocenters. The molecule has 598 valence electrons. The maximum Gasteiger partial charge on any atom is 0.273 e. The van der Waals surface area contributed by atoms with Crippen LogP contribution < -0.4 is 0 Å². The maximum absolute atomic E-state index is 5.33. The van der Waals surface area contributed by atoms with Gasteiger partial charge in [0.05, 0.1) is 23.3 Å². The number of oxazole rings is 2. The van der Waals surface area contributed by atoms with Crippen LogP contribution in [0.15, 0.2) is 78.0 Å². The highest BCUT2D eigenvalue weighted by Crippen LogP contribution is 2.31. The Balaban J connectivity index is 0.000000628. The second-order valence-electron chi connectivity index (χ2n) is 36.0. The van der Waals surface area contributed by atoms with Gasteiger partial charge in [-0.05, 0) is 116 Å². The van der Waals surface area contributed by atoms with Gasteiger partial charge in [-0.3, -0.25) is 9.36 Å². The third-order valence-corrected chi connectivity index (χ3v) is 17.9. The van der Waals surface area contributed by atoms with E-state index in [1.807, 2.05) is 107 Å². The Labute approximate surface area is 690 Å². The number of terminal acetylenes is 10. The van der Waals surface area contributed by atoms with E-state index in [1.54, 1.807) is 29.5 Å². The number of nitrogens with zero attached hydrogens (tertiary/aromatic N) is 13. The third-order valence-electron chi connectivity index (χ3n) is 15.3. The van der Waals surface area contributed by atoms with E-state index >= 15 is 0 Å². The Kier molecular flexibility index (Phi) is 37.2. The zero-order valence-corrected chi connectivity index (χ0v) is 75.7. The van der Waals surface area contributed by atoms with Crippen molar-refractivity contribution in [2.24, 2.45) is 21.1 Å². The van der Waals surface area contributed by atoms with Gasteiger partial charge in [0.1, 0.15) is 46.8 Å². The van der Waals surface area contributed by atoms with Crippen LogP contribution in [0.1, 0.15) is 320 Å². The van der Waals surface area contributed by atoms with Crippen molar-refractivity contribution in [3.63, 3.8) is 0 Å². The lowest BCUT2D eigenvalue weighted by Crippen LogP contribution is -2.16. The van der Waals surface area contributed by atoms with Crippen molar-refractivity contribution in [1.29, 1.82) is 0 Å². The summed E-state index contributed by atoms with van der Waals surface area (Å²) in [5.41, 5.74) is 12.3. The molecule has 0 aliphatic rings. The standard InChI is InChI=1S/3C10H14N2.4C9H11NO.3C9H11NS/c1-6-9-11-8(7-12(9)5)10(2,3)4;1-6-9-8(10(2,3)4)7-12(5)11-9;1-6-8-7-9(10(2,3)4)12(5)11-8;1-5-8-10-7(6-11-8)9(2,3)4;1-5-8-10-6-7(11-8)9(2,3)4;1-5-8-7(6-11-10-8)9(2,3)4;1-5-7-6-8(11-10-7)9(2,3)4;1-5-8-10-7(6-11-8)9(2,3)4;1-5-8-7(6-11-10-8)9(2,3)4;1-5-7-6-8(11-10-7)9(2,3)4/h3*1,7H,2-5H3;7*1,6H,2-4H3. The molecule has 0 saturated heterocycles. The molecule has 0 aromatic carbocycles. The lowest BCUT2D eigenvalue weighted by molar-refractivity contribution is 0.328. The average Bonchev–Trinajstić information content (AvgIpc) is 1.71. The molecule has 17 nitrogen and oxygen atoms in total. The Hall–Kier alpha value is -11.0. The summed E-state index contributed by atoms with van der Waals surface area (Å²) in [6, 6.07) is 5.73. The van der Waals surface area contributed by atoms with Crippen molar-refractivity contribution >= 4 is 34.4 Å². The van der Waals surface area contributed by atoms with E-state index in [9.17, 15) is 0 Å². The molecular formula is C93H119N13O4S3. The van der Waals surface area contributed by atoms with E-state index < -0.39 is 0 Å². The monoisotopic (exact) mass is 1580 g/mol. The number of imidazole rings is 1. The summed E-state index contributed by atoms with van der Waals surface area (Å²) < 4.78 is 33.7. The van der Waals surface area contributed by atoms with E-state index in [0.717, 1.165) is 67.5 Å². The first-order valence-electron chi connectivity index (χ1n) is 36.2. The van der Waals surface area contributed by atoms with E-state index in [4.69, 9.17) is 82.1 Å². The van der Waals surface area contributed by atoms with Gasteiger partial charge in [-0.15, -0.1) is 75.6 Å². The molecule has 10 aromatic heterocycles. The van der Waals surface area contributed by atoms with Crippen LogP contribution in [0.2, 0.25) is 0 Å². The number of hydrogen-bond donors (Lipinski definition) is 0. The molecule has 10 rings (SSSR count). The quantitative estimate of drug-likeness (QED) is 0.130. The second-order valence-corrected chi connectivity index (χ2v) is 38.3. The van der Waals surface area contributed by atoms with E-state index in [-0.39, 0.29) is 54.1 Å². The van der Waals surface area contributed by atoms with Gasteiger partial charge in [0.15, 0.2) is 22.2 Å². The summed E-state index contributed by atoms with van der Waals surface area (Å²) in [6.45, 7) is 63.1. The molecule has 0 saturated carbocycles. The Morgan fingerprint density at radius 2 is 0.929 bits per heavy atom. The molecule has 20 heteroatoms. The smallest absolute Gasteiger partial charge is 0.273 e. The zero-order chi connectivity index (χ0) is 87.4. The molecule has 0 radical (unpaired) electrons. The summed E-state index contributed by atoms with van der Waals surface area (Å²) in [4.78, 5) is 17.8. The van der Waals surface area contributed by atoms with Crippen LogP contribution >= 0.6 is 34.4 Å². The van der Waals surface area contributed by atoms with Gasteiger partial charge < -0.3 is 22.4 Å². The van der Waals surface area contributed by atoms with Crippen LogP contribution in [0.3, 0.4) is 0 Å². The molecule has 0 aliphatic heterocycles. The summed E-state index contributed by atoms with van der Waals surface area (Å²) in [7, 11) is 5.72. The van der Waals surface area contributed by atoms with Gasteiger partial charge in [-0.1, -0.05) is 218 Å². The Morgan fingerprint density at radius 3 is 1.22 bits per heavy atom. The van der Waals surface area contributed by atoms with Crippen molar-refractivity contribution in [1.82, 2.24) is 63.1 Å². The summed E-state index contributed by atoms with van der Waals surface area (Å²) in [5.74, 6) is 27.9. The van der Waals surface area contributed by atoms with Crippen LogP contribution in [0.25, 0.3) is 0 Å². The minimum atomic E-state index is -0.0118. The predicted molar refractivity (Wildman–Crippen MR) is 468 cm³/mol. The lowest BCUT2D eigenvalue weighted by atomic mass is 9.87. The third kappa shape index (κ3) is 34.2. The van der Waals surface area contributed by atoms with Crippen molar-refractivity contribution in [3.8, 4) is 123 Å². The molecule has 0 spiro atoms. The molecule has 10 aromatic rings. The highest BCUT2D eigenvalue weighted by Gasteiger charge is 2.26. The number of aromatic nitrogens is 13. The normalized spacial score (nSPS) is 11.1. The van der Waals surface area contributed by atoms with Gasteiger partial charge >= 0.3 is 0 Å². The molecule has 0 unspecified atom stereocenters. The van der Waals surface area contributed by atoms with Crippen LogP contribution in [0.5, 0.6) is 0 Å². The van der Waals surface area contributed by atoms with Gasteiger partial charge in [0, 0.05) is 110 Å². The highest BCUT2D eigenvalue weighted by molar-refractivity contribution is 7.10. The Bertz CT molecular complexity index is 4670. The Morgan fingerprint density at radius 1 is 0.398 bits per heavy atom. The van der Waals surface area contributed by atoms with E-state index in [2.05, 4.69) is 275 Å². The molecule has 0 fully saturated rings. The fraction of sp³-hybridized carbons (Fsp3) is 0.462. The SMILES string of the molecule is C#Cc1cc(C(C)(C)C)n(C)n1.C#Cc1cc(C(C)(C)C)on1.C#Cc1cc(C(C)(C)C)sn1.C#Cc1nc(C(C)(C)C)cn1C.C#Cc1nc(C(C)(C)C)co1.C#Cc1nc(C(C)(C)C)cs1.C#Cc1ncc(C(C)(C)C)o1.C#Cc1nn(C)cc1C(C)(C)C.C#Cc1nocc1C(C)(C)C.C#Cc1nscc1C(C)(C)C. The summed E-state index contributed by atoms with van der Waals surface area (Å²) in [5, 5.41) is 20.6. The van der Waals surface area contributed by atoms with Crippen molar-refractivity contribution in [2.45, 2.75) is 262 Å². The largest absolute Gasteiger partial charge is 0.438 e. The predicted octanol–water partition coefficient (Wildman–Crippen LogP) is 20.2.